The van der Waals surface area contributed by atoms with Gasteiger partial charge in [0.25, 0.3) is 0 Å². The zero-order valence-electron chi connectivity index (χ0n) is 7.47. The van der Waals surface area contributed by atoms with Crippen molar-refractivity contribution in [2.45, 2.75) is 26.0 Å². The maximum atomic E-state index is 9.37. The molecule has 1 heterocycles. The van der Waals surface area contributed by atoms with E-state index in [0.29, 0.717) is 11.4 Å². The van der Waals surface area contributed by atoms with Crippen molar-refractivity contribution in [2.75, 3.05) is 5.32 Å². The predicted octanol–water partition coefficient (Wildman–Crippen LogP) is 2.19. The highest BCUT2D eigenvalue weighted by molar-refractivity contribution is 6.33. The molecule has 1 aromatic carbocycles. The smallest absolute Gasteiger partial charge is 0.128 e. The minimum atomic E-state index is -0.473. The van der Waals surface area contributed by atoms with Crippen LogP contribution in [0.15, 0.2) is 12.1 Å². The molecule has 0 aliphatic carbocycles. The molecule has 3 heteroatoms. The van der Waals surface area contributed by atoms with Crippen molar-refractivity contribution < 1.29 is 5.11 Å². The third kappa shape index (κ3) is 1.52. The van der Waals surface area contributed by atoms with Gasteiger partial charge in [-0.25, -0.2) is 0 Å². The summed E-state index contributed by atoms with van der Waals surface area (Å²) in [7, 11) is 0. The second-order valence-electron chi connectivity index (χ2n) is 3.33. The van der Waals surface area contributed by atoms with E-state index < -0.39 is 6.23 Å². The fourth-order valence-corrected chi connectivity index (χ4v) is 1.99. The fraction of sp³-hybridized carbons (Fsp3) is 0.400. The first-order valence-corrected chi connectivity index (χ1v) is 4.84. The molecule has 0 fully saturated rings. The SMILES string of the molecule is CCc1cc(Cl)c2c(c1)CC(O)N2. The van der Waals surface area contributed by atoms with Crippen molar-refractivity contribution in [3.8, 4) is 0 Å². The van der Waals surface area contributed by atoms with Crippen LogP contribution in [0.25, 0.3) is 0 Å². The second-order valence-corrected chi connectivity index (χ2v) is 3.74. The lowest BCUT2D eigenvalue weighted by molar-refractivity contribution is 0.212. The summed E-state index contributed by atoms with van der Waals surface area (Å²) in [5.41, 5.74) is 3.24. The molecule has 1 aliphatic rings. The third-order valence-electron chi connectivity index (χ3n) is 2.36. The molecule has 13 heavy (non-hydrogen) atoms. The summed E-state index contributed by atoms with van der Waals surface area (Å²) >= 11 is 6.05. The highest BCUT2D eigenvalue weighted by atomic mass is 35.5. The van der Waals surface area contributed by atoms with Gasteiger partial charge in [0, 0.05) is 6.42 Å². The van der Waals surface area contributed by atoms with Crippen LogP contribution in [0.3, 0.4) is 0 Å². The molecular weight excluding hydrogens is 186 g/mol. The van der Waals surface area contributed by atoms with Crippen molar-refractivity contribution in [2.24, 2.45) is 0 Å². The highest BCUT2D eigenvalue weighted by Gasteiger charge is 2.20. The van der Waals surface area contributed by atoms with Crippen LogP contribution in [0, 0.1) is 0 Å². The van der Waals surface area contributed by atoms with Gasteiger partial charge in [-0.05, 0) is 23.6 Å². The summed E-state index contributed by atoms with van der Waals surface area (Å²) in [5.74, 6) is 0. The Morgan fingerprint density at radius 2 is 2.38 bits per heavy atom. The van der Waals surface area contributed by atoms with E-state index in [4.69, 9.17) is 11.6 Å². The lowest BCUT2D eigenvalue weighted by Crippen LogP contribution is -2.12. The number of aryl methyl sites for hydroxylation is 1. The number of benzene rings is 1. The molecule has 1 aliphatic heterocycles. The molecule has 0 aromatic heterocycles. The minimum Gasteiger partial charge on any atom is -0.373 e. The zero-order valence-corrected chi connectivity index (χ0v) is 8.23. The van der Waals surface area contributed by atoms with Gasteiger partial charge in [-0.2, -0.15) is 0 Å². The summed E-state index contributed by atoms with van der Waals surface area (Å²) < 4.78 is 0. The van der Waals surface area contributed by atoms with Gasteiger partial charge in [-0.3, -0.25) is 0 Å². The van der Waals surface area contributed by atoms with E-state index in [-0.39, 0.29) is 0 Å². The van der Waals surface area contributed by atoms with Gasteiger partial charge in [-0.1, -0.05) is 24.6 Å². The van der Waals surface area contributed by atoms with Crippen LogP contribution in [0.2, 0.25) is 5.02 Å². The van der Waals surface area contributed by atoms with Crippen LogP contribution in [-0.2, 0) is 12.8 Å². The quantitative estimate of drug-likeness (QED) is 0.724. The number of rotatable bonds is 1. The molecule has 0 amide bonds. The average Bonchev–Trinajstić information content (AvgIpc) is 2.46. The number of hydrogen-bond acceptors (Lipinski definition) is 2. The summed E-state index contributed by atoms with van der Waals surface area (Å²) in [4.78, 5) is 0. The summed E-state index contributed by atoms with van der Waals surface area (Å²) in [6, 6.07) is 4.05. The lowest BCUT2D eigenvalue weighted by Gasteiger charge is -2.05. The standard InChI is InChI=1S/C10H12ClNO/c1-2-6-3-7-5-9(13)12-10(7)8(11)4-6/h3-4,9,12-13H,2,5H2,1H3. The van der Waals surface area contributed by atoms with E-state index >= 15 is 0 Å². The molecule has 2 rings (SSSR count). The zero-order chi connectivity index (χ0) is 9.42. The largest absolute Gasteiger partial charge is 0.373 e. The van der Waals surface area contributed by atoms with E-state index in [2.05, 4.69) is 18.3 Å². The van der Waals surface area contributed by atoms with E-state index in [1.807, 2.05) is 6.07 Å². The Bertz CT molecular complexity index is 338. The van der Waals surface area contributed by atoms with Crippen LogP contribution in [0.5, 0.6) is 0 Å². The van der Waals surface area contributed by atoms with Crippen molar-refractivity contribution >= 4 is 17.3 Å². The van der Waals surface area contributed by atoms with Crippen molar-refractivity contribution in [1.82, 2.24) is 0 Å². The summed E-state index contributed by atoms with van der Waals surface area (Å²) in [6.07, 6.45) is 1.16. The van der Waals surface area contributed by atoms with Gasteiger partial charge in [0.15, 0.2) is 0 Å². The molecule has 0 radical (unpaired) electrons. The van der Waals surface area contributed by atoms with Gasteiger partial charge in [0.05, 0.1) is 10.7 Å². The lowest BCUT2D eigenvalue weighted by atomic mass is 10.1. The molecule has 0 saturated carbocycles. The number of fused-ring (bicyclic) bond motifs is 1. The number of hydrogen-bond donors (Lipinski definition) is 2. The van der Waals surface area contributed by atoms with E-state index in [0.717, 1.165) is 17.7 Å². The number of aliphatic hydroxyl groups excluding tert-OH is 1. The molecule has 70 valence electrons. The Hall–Kier alpha value is -0.730. The van der Waals surface area contributed by atoms with Crippen LogP contribution < -0.4 is 5.32 Å². The van der Waals surface area contributed by atoms with Crippen molar-refractivity contribution in [1.29, 1.82) is 0 Å². The number of anilines is 1. The number of nitrogens with one attached hydrogen (secondary N) is 1. The van der Waals surface area contributed by atoms with Gasteiger partial charge < -0.3 is 10.4 Å². The first-order valence-electron chi connectivity index (χ1n) is 4.46. The molecule has 0 spiro atoms. The first kappa shape index (κ1) is 8.85. The third-order valence-corrected chi connectivity index (χ3v) is 2.66. The van der Waals surface area contributed by atoms with Crippen LogP contribution in [-0.4, -0.2) is 11.3 Å². The predicted molar refractivity (Wildman–Crippen MR) is 54.2 cm³/mol. The van der Waals surface area contributed by atoms with Crippen molar-refractivity contribution in [3.05, 3.63) is 28.3 Å². The molecule has 1 unspecified atom stereocenters. The molecule has 1 aromatic rings. The molecule has 2 nitrogen and oxygen atoms in total. The van der Waals surface area contributed by atoms with Crippen LogP contribution in [0.4, 0.5) is 5.69 Å². The fourth-order valence-electron chi connectivity index (χ4n) is 1.68. The Morgan fingerprint density at radius 1 is 1.62 bits per heavy atom. The minimum absolute atomic E-state index is 0.473. The second kappa shape index (κ2) is 3.20. The monoisotopic (exact) mass is 197 g/mol. The van der Waals surface area contributed by atoms with Gasteiger partial charge >= 0.3 is 0 Å². The Kier molecular flexibility index (Phi) is 2.18. The van der Waals surface area contributed by atoms with Crippen LogP contribution >= 0.6 is 11.6 Å². The Labute approximate surface area is 82.5 Å². The summed E-state index contributed by atoms with van der Waals surface area (Å²) in [6.45, 7) is 2.09. The maximum Gasteiger partial charge on any atom is 0.128 e. The van der Waals surface area contributed by atoms with Crippen molar-refractivity contribution in [3.63, 3.8) is 0 Å². The van der Waals surface area contributed by atoms with Gasteiger partial charge in [0.2, 0.25) is 0 Å². The first-order chi connectivity index (χ1) is 6.20. The van der Waals surface area contributed by atoms with E-state index in [9.17, 15) is 5.11 Å². The van der Waals surface area contributed by atoms with Crippen LogP contribution in [0.1, 0.15) is 18.1 Å². The van der Waals surface area contributed by atoms with E-state index in [1.165, 1.54) is 5.56 Å². The molecule has 0 saturated heterocycles. The number of aliphatic hydroxyl groups is 1. The Morgan fingerprint density at radius 3 is 3.08 bits per heavy atom. The maximum absolute atomic E-state index is 9.37. The topological polar surface area (TPSA) is 32.3 Å². The Balaban J connectivity index is 2.46. The number of halogens is 1. The molecule has 0 bridgehead atoms. The van der Waals surface area contributed by atoms with Gasteiger partial charge in [0.1, 0.15) is 6.23 Å². The molecule has 2 N–H and O–H groups in total. The molecule has 1 atom stereocenters. The van der Waals surface area contributed by atoms with E-state index in [1.54, 1.807) is 0 Å². The normalized spacial score (nSPS) is 19.8. The van der Waals surface area contributed by atoms with Gasteiger partial charge in [-0.15, -0.1) is 0 Å². The average molecular weight is 198 g/mol. The summed E-state index contributed by atoms with van der Waals surface area (Å²) in [5, 5.41) is 13.0. The molecular formula is C10H12ClNO. The highest BCUT2D eigenvalue weighted by Crippen LogP contribution is 2.33.